The molecule has 8 nitrogen and oxygen atoms in total. The van der Waals surface area contributed by atoms with Gasteiger partial charge in [-0.15, -0.1) is 0 Å². The Balaban J connectivity index is 1.49. The molecule has 3 amide bonds. The molecule has 2 aromatic rings. The van der Waals surface area contributed by atoms with Crippen molar-refractivity contribution in [2.75, 3.05) is 16.8 Å². The van der Waals surface area contributed by atoms with Crippen molar-refractivity contribution < 1.29 is 23.2 Å². The van der Waals surface area contributed by atoms with Crippen LogP contribution in [0.2, 0.25) is 0 Å². The van der Waals surface area contributed by atoms with Gasteiger partial charge in [0, 0.05) is 6.07 Å². The lowest BCUT2D eigenvalue weighted by Crippen LogP contribution is -2.43. The Kier molecular flexibility index (Phi) is 4.98. The van der Waals surface area contributed by atoms with Crippen molar-refractivity contribution in [3.05, 3.63) is 59.7 Å². The first-order valence-electron chi connectivity index (χ1n) is 9.28. The number of hydrogen-bond donors (Lipinski definition) is 1. The topological polar surface area (TPSA) is 94.4 Å². The molecule has 1 fully saturated rings. The molecule has 4 rings (SSSR count). The number of fused-ring (bicyclic) bond motifs is 1. The Morgan fingerprint density at radius 1 is 1.10 bits per heavy atom. The second-order valence-corrected chi connectivity index (χ2v) is 6.90. The maximum Gasteiger partial charge on any atom is 0.263 e. The molecule has 0 bridgehead atoms. The molecule has 2 aliphatic rings. The molecule has 2 atom stereocenters. The van der Waals surface area contributed by atoms with Gasteiger partial charge >= 0.3 is 0 Å². The zero-order valence-electron chi connectivity index (χ0n) is 15.9. The Morgan fingerprint density at radius 3 is 2.53 bits per heavy atom. The van der Waals surface area contributed by atoms with Gasteiger partial charge in [0.1, 0.15) is 18.2 Å². The first-order chi connectivity index (χ1) is 14.4. The predicted octanol–water partition coefficient (Wildman–Crippen LogP) is 2.46. The van der Waals surface area contributed by atoms with Gasteiger partial charge in [-0.25, -0.2) is 13.7 Å². The predicted molar refractivity (Wildman–Crippen MR) is 102 cm³/mol. The Hall–Kier alpha value is -3.69. The molecule has 10 heteroatoms. The SMILES string of the molecule is CCc1ccc(N2C(=O)C3N=NN(CC(=O)Nc4cc(F)ccc4F)C3C2=O)cc1. The summed E-state index contributed by atoms with van der Waals surface area (Å²) in [5.41, 5.74) is 1.14. The number of rotatable bonds is 5. The molecule has 0 radical (unpaired) electrons. The number of anilines is 2. The summed E-state index contributed by atoms with van der Waals surface area (Å²) in [6.07, 6.45) is 0.816. The molecule has 0 saturated carbocycles. The van der Waals surface area contributed by atoms with Gasteiger partial charge in [-0.05, 0) is 36.2 Å². The monoisotopic (exact) mass is 413 g/mol. The highest BCUT2D eigenvalue weighted by Crippen LogP contribution is 2.32. The molecule has 154 valence electrons. The summed E-state index contributed by atoms with van der Waals surface area (Å²) < 4.78 is 27.0. The van der Waals surface area contributed by atoms with Crippen LogP contribution >= 0.6 is 0 Å². The average Bonchev–Trinajstić information content (AvgIpc) is 3.24. The fraction of sp³-hybridized carbons (Fsp3) is 0.250. The standard InChI is InChI=1S/C20H17F2N5O3/c1-2-11-3-6-13(7-4-11)27-19(29)17-18(20(27)30)26(25-24-17)10-16(28)23-15-9-12(21)5-8-14(15)22/h3-9,17-18H,2,10H2,1H3,(H,23,28). The lowest BCUT2D eigenvalue weighted by Gasteiger charge is -2.20. The molecule has 0 aromatic heterocycles. The molecule has 0 aliphatic carbocycles. The summed E-state index contributed by atoms with van der Waals surface area (Å²) >= 11 is 0. The molecule has 0 spiro atoms. The minimum absolute atomic E-state index is 0.334. The van der Waals surface area contributed by atoms with Crippen LogP contribution < -0.4 is 10.2 Å². The largest absolute Gasteiger partial charge is 0.322 e. The molecule has 2 heterocycles. The van der Waals surface area contributed by atoms with Crippen LogP contribution in [-0.2, 0) is 20.8 Å². The van der Waals surface area contributed by atoms with Crippen LogP contribution in [0.15, 0.2) is 52.8 Å². The number of imide groups is 1. The summed E-state index contributed by atoms with van der Waals surface area (Å²) in [5, 5.41) is 10.9. The molecular formula is C20H17F2N5O3. The number of nitrogens with zero attached hydrogens (tertiary/aromatic N) is 4. The number of halogens is 2. The van der Waals surface area contributed by atoms with Crippen molar-refractivity contribution in [3.8, 4) is 0 Å². The van der Waals surface area contributed by atoms with Gasteiger partial charge in [0.2, 0.25) is 5.91 Å². The van der Waals surface area contributed by atoms with Crippen molar-refractivity contribution in [3.63, 3.8) is 0 Å². The lowest BCUT2D eigenvalue weighted by molar-refractivity contribution is -0.123. The van der Waals surface area contributed by atoms with Crippen molar-refractivity contribution in [2.45, 2.75) is 25.4 Å². The van der Waals surface area contributed by atoms with E-state index in [-0.39, 0.29) is 5.69 Å². The van der Waals surface area contributed by atoms with Gasteiger partial charge in [0.05, 0.1) is 11.4 Å². The van der Waals surface area contributed by atoms with E-state index in [0.29, 0.717) is 5.69 Å². The second-order valence-electron chi connectivity index (χ2n) is 6.90. The third-order valence-electron chi connectivity index (χ3n) is 4.97. The normalized spacial score (nSPS) is 20.1. The maximum atomic E-state index is 13.7. The van der Waals surface area contributed by atoms with Gasteiger partial charge in [-0.3, -0.25) is 19.4 Å². The van der Waals surface area contributed by atoms with Gasteiger partial charge < -0.3 is 5.32 Å². The van der Waals surface area contributed by atoms with E-state index in [1.807, 2.05) is 19.1 Å². The first-order valence-corrected chi connectivity index (χ1v) is 9.28. The van der Waals surface area contributed by atoms with E-state index in [9.17, 15) is 23.2 Å². The van der Waals surface area contributed by atoms with Gasteiger partial charge in [0.25, 0.3) is 11.8 Å². The molecule has 2 unspecified atom stereocenters. The number of amides is 3. The fourth-order valence-electron chi connectivity index (χ4n) is 3.42. The van der Waals surface area contributed by atoms with Crippen LogP contribution in [0.3, 0.4) is 0 Å². The van der Waals surface area contributed by atoms with Crippen LogP contribution in [0.4, 0.5) is 20.2 Å². The van der Waals surface area contributed by atoms with Gasteiger partial charge in [0.15, 0.2) is 12.1 Å². The molecule has 2 aliphatic heterocycles. The average molecular weight is 413 g/mol. The molecule has 1 saturated heterocycles. The molecule has 30 heavy (non-hydrogen) atoms. The van der Waals surface area contributed by atoms with E-state index in [2.05, 4.69) is 15.7 Å². The van der Waals surface area contributed by atoms with E-state index < -0.39 is 48.0 Å². The summed E-state index contributed by atoms with van der Waals surface area (Å²) in [6.45, 7) is 1.53. The molecule has 1 N–H and O–H groups in total. The first kappa shape index (κ1) is 19.6. The maximum absolute atomic E-state index is 13.7. The third kappa shape index (κ3) is 3.40. The van der Waals surface area contributed by atoms with Crippen LogP contribution in [-0.4, -0.2) is 41.4 Å². The number of carbonyl (C=O) groups excluding carboxylic acids is 3. The van der Waals surface area contributed by atoms with E-state index in [1.165, 1.54) is 0 Å². The van der Waals surface area contributed by atoms with E-state index in [1.54, 1.807) is 12.1 Å². The second kappa shape index (κ2) is 7.62. The summed E-state index contributed by atoms with van der Waals surface area (Å²) in [6, 6.07) is 7.54. The number of aryl methyl sites for hydroxylation is 1. The third-order valence-corrected chi connectivity index (χ3v) is 4.97. The number of carbonyl (C=O) groups is 3. The van der Waals surface area contributed by atoms with Crippen molar-refractivity contribution in [1.29, 1.82) is 0 Å². The zero-order chi connectivity index (χ0) is 21.4. The molecule has 2 aromatic carbocycles. The number of hydrogen-bond acceptors (Lipinski definition) is 6. The summed E-state index contributed by atoms with van der Waals surface area (Å²) in [4.78, 5) is 38.9. The quantitative estimate of drug-likeness (QED) is 0.762. The smallest absolute Gasteiger partial charge is 0.263 e. The summed E-state index contributed by atoms with van der Waals surface area (Å²) in [7, 11) is 0. The summed E-state index contributed by atoms with van der Waals surface area (Å²) in [5.74, 6) is -3.33. The van der Waals surface area contributed by atoms with Crippen LogP contribution in [0.25, 0.3) is 0 Å². The van der Waals surface area contributed by atoms with E-state index in [0.717, 1.165) is 40.1 Å². The minimum atomic E-state index is -1.06. The zero-order valence-corrected chi connectivity index (χ0v) is 15.9. The lowest BCUT2D eigenvalue weighted by atomic mass is 10.1. The minimum Gasteiger partial charge on any atom is -0.322 e. The fourth-order valence-corrected chi connectivity index (χ4v) is 3.42. The van der Waals surface area contributed by atoms with Crippen molar-refractivity contribution in [1.82, 2.24) is 5.01 Å². The van der Waals surface area contributed by atoms with Crippen LogP contribution in [0.1, 0.15) is 12.5 Å². The Labute approximate surface area is 170 Å². The number of nitrogens with one attached hydrogen (secondary N) is 1. The Morgan fingerprint density at radius 2 is 1.83 bits per heavy atom. The van der Waals surface area contributed by atoms with Crippen LogP contribution in [0, 0.1) is 11.6 Å². The molecular weight excluding hydrogens is 396 g/mol. The van der Waals surface area contributed by atoms with Crippen molar-refractivity contribution >= 4 is 29.1 Å². The van der Waals surface area contributed by atoms with Crippen molar-refractivity contribution in [2.24, 2.45) is 10.3 Å². The highest BCUT2D eigenvalue weighted by molar-refractivity contribution is 6.25. The number of benzene rings is 2. The highest BCUT2D eigenvalue weighted by atomic mass is 19.1. The van der Waals surface area contributed by atoms with Gasteiger partial charge in [-0.2, -0.15) is 5.11 Å². The van der Waals surface area contributed by atoms with Gasteiger partial charge in [-0.1, -0.05) is 24.3 Å². The highest BCUT2D eigenvalue weighted by Gasteiger charge is 2.55. The van der Waals surface area contributed by atoms with E-state index in [4.69, 9.17) is 0 Å². The van der Waals surface area contributed by atoms with E-state index >= 15 is 0 Å². The Bertz CT molecular complexity index is 1060. The van der Waals surface area contributed by atoms with Crippen LogP contribution in [0.5, 0.6) is 0 Å².